The molecule has 1 heterocycles. The number of hydrogen-bond acceptors (Lipinski definition) is 2. The van der Waals surface area contributed by atoms with Crippen molar-refractivity contribution in [2.45, 2.75) is 110 Å². The molecule has 1 aliphatic heterocycles. The number of nitrogens with one attached hydrogen (secondary N) is 1. The Hall–Kier alpha value is -1.18. The molecule has 0 saturated heterocycles. The summed E-state index contributed by atoms with van der Waals surface area (Å²) < 4.78 is 0. The van der Waals surface area contributed by atoms with Gasteiger partial charge >= 0.3 is 0 Å². The van der Waals surface area contributed by atoms with Gasteiger partial charge in [0.2, 0.25) is 0 Å². The topological polar surface area (TPSA) is 15.3 Å². The minimum atomic E-state index is 0.569. The van der Waals surface area contributed by atoms with Crippen LogP contribution in [0.4, 0.5) is 11.4 Å². The van der Waals surface area contributed by atoms with Crippen LogP contribution in [0.3, 0.4) is 0 Å². The van der Waals surface area contributed by atoms with Gasteiger partial charge in [0.15, 0.2) is 0 Å². The summed E-state index contributed by atoms with van der Waals surface area (Å²) in [5.41, 5.74) is 4.33. The Morgan fingerprint density at radius 2 is 1.62 bits per heavy atom. The van der Waals surface area contributed by atoms with E-state index >= 15 is 0 Å². The van der Waals surface area contributed by atoms with Crippen molar-refractivity contribution in [3.8, 4) is 0 Å². The zero-order valence-electron chi connectivity index (χ0n) is 17.8. The highest BCUT2D eigenvalue weighted by molar-refractivity contribution is 5.64. The van der Waals surface area contributed by atoms with E-state index in [1.54, 1.807) is 0 Å². The van der Waals surface area contributed by atoms with Crippen LogP contribution in [-0.2, 0) is 6.42 Å². The van der Waals surface area contributed by atoms with Gasteiger partial charge in [0.1, 0.15) is 0 Å². The summed E-state index contributed by atoms with van der Waals surface area (Å²) in [5.74, 6) is 0. The summed E-state index contributed by atoms with van der Waals surface area (Å²) in [5, 5.41) is 3.72. The minimum absolute atomic E-state index is 0.569. The zero-order chi connectivity index (χ0) is 18.8. The Morgan fingerprint density at radius 1 is 0.923 bits per heavy atom. The van der Waals surface area contributed by atoms with E-state index in [-0.39, 0.29) is 0 Å². The minimum Gasteiger partial charge on any atom is -0.383 e. The molecule has 148 valence electrons. The number of anilines is 2. The number of unbranched alkanes of at least 4 members (excludes halogenated alkanes) is 6. The summed E-state index contributed by atoms with van der Waals surface area (Å²) in [7, 11) is 0. The monoisotopic (exact) mass is 358 g/mol. The number of nitrogens with zero attached hydrogens (tertiary/aromatic N) is 1. The number of hydrogen-bond donors (Lipinski definition) is 1. The molecule has 1 aliphatic rings. The standard InChI is InChI=1S/C24H42N2/c1-5-7-9-11-13-20(3)25-23-15-16-24-22(19-23)17-18-26(24)21(4)14-12-10-8-6-2/h15-16,19-21,25H,5-14,17-18H2,1-4H3/t20-,21-/m1/s1. The molecule has 0 radical (unpaired) electrons. The molecule has 2 rings (SSSR count). The molecule has 0 fully saturated rings. The zero-order valence-corrected chi connectivity index (χ0v) is 17.8. The van der Waals surface area contributed by atoms with Crippen molar-refractivity contribution in [1.82, 2.24) is 0 Å². The lowest BCUT2D eigenvalue weighted by Gasteiger charge is -2.27. The number of fused-ring (bicyclic) bond motifs is 1. The molecular formula is C24H42N2. The van der Waals surface area contributed by atoms with Crippen LogP contribution in [0.5, 0.6) is 0 Å². The van der Waals surface area contributed by atoms with Crippen molar-refractivity contribution in [1.29, 1.82) is 0 Å². The molecule has 1 aromatic carbocycles. The first-order chi connectivity index (χ1) is 12.7. The van der Waals surface area contributed by atoms with Crippen molar-refractivity contribution in [2.75, 3.05) is 16.8 Å². The normalized spacial score (nSPS) is 15.8. The van der Waals surface area contributed by atoms with Crippen molar-refractivity contribution in [2.24, 2.45) is 0 Å². The Bertz CT molecular complexity index is 511. The van der Waals surface area contributed by atoms with Crippen LogP contribution in [-0.4, -0.2) is 18.6 Å². The first kappa shape index (κ1) is 21.1. The Balaban J connectivity index is 1.83. The fourth-order valence-electron chi connectivity index (χ4n) is 4.23. The van der Waals surface area contributed by atoms with Gasteiger partial charge in [0.25, 0.3) is 0 Å². The molecule has 0 aliphatic carbocycles. The molecular weight excluding hydrogens is 316 g/mol. The summed E-state index contributed by atoms with van der Waals surface area (Å²) in [6, 6.07) is 8.30. The van der Waals surface area contributed by atoms with Crippen molar-refractivity contribution in [3.63, 3.8) is 0 Å². The summed E-state index contributed by atoms with van der Waals surface area (Å²) in [6.07, 6.45) is 14.7. The highest BCUT2D eigenvalue weighted by atomic mass is 15.2. The van der Waals surface area contributed by atoms with Crippen LogP contribution in [0.1, 0.15) is 97.5 Å². The second kappa shape index (κ2) is 11.5. The number of benzene rings is 1. The maximum Gasteiger partial charge on any atom is 0.0403 e. The molecule has 1 N–H and O–H groups in total. The van der Waals surface area contributed by atoms with Crippen molar-refractivity contribution >= 4 is 11.4 Å². The van der Waals surface area contributed by atoms with E-state index in [0.29, 0.717) is 12.1 Å². The summed E-state index contributed by atoms with van der Waals surface area (Å²) in [6.45, 7) is 10.5. The Morgan fingerprint density at radius 3 is 2.31 bits per heavy atom. The maximum atomic E-state index is 3.72. The van der Waals surface area contributed by atoms with E-state index in [0.717, 1.165) is 0 Å². The van der Waals surface area contributed by atoms with Gasteiger partial charge < -0.3 is 10.2 Å². The summed E-state index contributed by atoms with van der Waals surface area (Å²) >= 11 is 0. The van der Waals surface area contributed by atoms with Gasteiger partial charge in [-0.05, 0) is 56.9 Å². The van der Waals surface area contributed by atoms with Crippen LogP contribution >= 0.6 is 0 Å². The maximum absolute atomic E-state index is 3.72. The van der Waals surface area contributed by atoms with E-state index in [9.17, 15) is 0 Å². The molecule has 0 aromatic heterocycles. The third-order valence-corrected chi connectivity index (χ3v) is 5.92. The van der Waals surface area contributed by atoms with E-state index in [1.807, 2.05) is 0 Å². The molecule has 0 spiro atoms. The lowest BCUT2D eigenvalue weighted by Crippen LogP contribution is -2.31. The van der Waals surface area contributed by atoms with Crippen LogP contribution in [0.25, 0.3) is 0 Å². The van der Waals surface area contributed by atoms with Gasteiger partial charge in [-0.15, -0.1) is 0 Å². The fourth-order valence-corrected chi connectivity index (χ4v) is 4.23. The van der Waals surface area contributed by atoms with E-state index < -0.39 is 0 Å². The molecule has 0 bridgehead atoms. The lowest BCUT2D eigenvalue weighted by atomic mass is 10.1. The molecule has 2 heteroatoms. The molecule has 2 atom stereocenters. The van der Waals surface area contributed by atoms with Gasteiger partial charge in [0, 0.05) is 30.0 Å². The first-order valence-corrected chi connectivity index (χ1v) is 11.3. The largest absolute Gasteiger partial charge is 0.383 e. The highest BCUT2D eigenvalue weighted by Crippen LogP contribution is 2.33. The predicted octanol–water partition coefficient (Wildman–Crippen LogP) is 7.18. The first-order valence-electron chi connectivity index (χ1n) is 11.3. The molecule has 2 nitrogen and oxygen atoms in total. The second-order valence-corrected chi connectivity index (χ2v) is 8.38. The van der Waals surface area contributed by atoms with Gasteiger partial charge in [-0.1, -0.05) is 65.2 Å². The average Bonchev–Trinajstić information content (AvgIpc) is 3.05. The quantitative estimate of drug-likeness (QED) is 0.376. The smallest absolute Gasteiger partial charge is 0.0403 e. The second-order valence-electron chi connectivity index (χ2n) is 8.38. The van der Waals surface area contributed by atoms with E-state index in [1.165, 1.54) is 94.1 Å². The number of rotatable bonds is 13. The predicted molar refractivity (Wildman–Crippen MR) is 118 cm³/mol. The molecule has 0 saturated carbocycles. The van der Waals surface area contributed by atoms with Gasteiger partial charge in [-0.25, -0.2) is 0 Å². The van der Waals surface area contributed by atoms with E-state index in [2.05, 4.69) is 56.1 Å². The third-order valence-electron chi connectivity index (χ3n) is 5.92. The summed E-state index contributed by atoms with van der Waals surface area (Å²) in [4.78, 5) is 2.64. The van der Waals surface area contributed by atoms with Crippen molar-refractivity contribution in [3.05, 3.63) is 23.8 Å². The fraction of sp³-hybridized carbons (Fsp3) is 0.750. The molecule has 0 amide bonds. The Labute approximate surface area is 162 Å². The van der Waals surface area contributed by atoms with Gasteiger partial charge in [0.05, 0.1) is 0 Å². The molecule has 0 unspecified atom stereocenters. The third kappa shape index (κ3) is 6.52. The van der Waals surface area contributed by atoms with Gasteiger partial charge in [-0.2, -0.15) is 0 Å². The van der Waals surface area contributed by atoms with Crippen LogP contribution in [0.2, 0.25) is 0 Å². The SMILES string of the molecule is CCCCCC[C@@H](C)Nc1ccc2c(c1)CCN2[C@H](C)CCCCCC. The lowest BCUT2D eigenvalue weighted by molar-refractivity contribution is 0.545. The molecule has 1 aromatic rings. The van der Waals surface area contributed by atoms with Crippen LogP contribution < -0.4 is 10.2 Å². The molecule has 26 heavy (non-hydrogen) atoms. The van der Waals surface area contributed by atoms with E-state index in [4.69, 9.17) is 0 Å². The Kier molecular flexibility index (Phi) is 9.36. The highest BCUT2D eigenvalue weighted by Gasteiger charge is 2.23. The van der Waals surface area contributed by atoms with Crippen molar-refractivity contribution < 1.29 is 0 Å². The van der Waals surface area contributed by atoms with Crippen LogP contribution in [0, 0.1) is 0 Å². The average molecular weight is 359 g/mol. The van der Waals surface area contributed by atoms with Crippen LogP contribution in [0.15, 0.2) is 18.2 Å². The van der Waals surface area contributed by atoms with Gasteiger partial charge in [-0.3, -0.25) is 0 Å².